The van der Waals surface area contributed by atoms with Gasteiger partial charge in [0.2, 0.25) is 0 Å². The van der Waals surface area contributed by atoms with Gasteiger partial charge >= 0.3 is 5.69 Å². The van der Waals surface area contributed by atoms with Crippen LogP contribution in [0, 0.1) is 0 Å². The second-order valence-electron chi connectivity index (χ2n) is 4.81. The van der Waals surface area contributed by atoms with Crippen LogP contribution < -0.4 is 11.0 Å². The molecule has 106 valence electrons. The zero-order valence-electron chi connectivity index (χ0n) is 11.6. The molecule has 21 heavy (non-hydrogen) atoms. The molecule has 3 rings (SSSR count). The van der Waals surface area contributed by atoms with E-state index in [-0.39, 0.29) is 11.6 Å². The van der Waals surface area contributed by atoms with Gasteiger partial charge in [0.25, 0.3) is 5.91 Å². The molecule has 0 bridgehead atoms. The zero-order valence-corrected chi connectivity index (χ0v) is 11.6. The number of aromatic amines is 1. The number of amides is 1. The lowest BCUT2D eigenvalue weighted by Crippen LogP contribution is -2.19. The third-order valence-electron chi connectivity index (χ3n) is 3.44. The molecule has 0 saturated carbocycles. The normalized spacial score (nSPS) is 10.7. The summed E-state index contributed by atoms with van der Waals surface area (Å²) >= 11 is 0. The summed E-state index contributed by atoms with van der Waals surface area (Å²) in [6.07, 6.45) is 0. The van der Waals surface area contributed by atoms with Gasteiger partial charge in [-0.05, 0) is 29.8 Å². The van der Waals surface area contributed by atoms with Crippen molar-refractivity contribution < 1.29 is 4.79 Å². The Morgan fingerprint density at radius 1 is 1.19 bits per heavy atom. The third kappa shape index (κ3) is 2.45. The SMILES string of the molecule is CNC(=O)c1cccc(Cn2c(=O)[nH]c3ccccc32)c1. The number of rotatable bonds is 3. The van der Waals surface area contributed by atoms with Crippen molar-refractivity contribution in [3.05, 3.63) is 70.1 Å². The van der Waals surface area contributed by atoms with Crippen molar-refractivity contribution in [1.29, 1.82) is 0 Å². The lowest BCUT2D eigenvalue weighted by atomic mass is 10.1. The van der Waals surface area contributed by atoms with E-state index in [0.717, 1.165) is 16.6 Å². The molecule has 0 radical (unpaired) electrons. The van der Waals surface area contributed by atoms with Crippen LogP contribution in [-0.4, -0.2) is 22.5 Å². The number of para-hydroxylation sites is 2. The fourth-order valence-corrected chi connectivity index (χ4v) is 2.40. The maximum Gasteiger partial charge on any atom is 0.326 e. The molecular formula is C16H15N3O2. The predicted octanol–water partition coefficient (Wildman–Crippen LogP) is 1.74. The van der Waals surface area contributed by atoms with Gasteiger partial charge < -0.3 is 10.3 Å². The van der Waals surface area contributed by atoms with Gasteiger partial charge in [-0.2, -0.15) is 0 Å². The highest BCUT2D eigenvalue weighted by Gasteiger charge is 2.08. The van der Waals surface area contributed by atoms with Gasteiger partial charge in [0, 0.05) is 12.6 Å². The number of carbonyl (C=O) groups excluding carboxylic acids is 1. The Balaban J connectivity index is 2.01. The highest BCUT2D eigenvalue weighted by molar-refractivity contribution is 5.94. The minimum Gasteiger partial charge on any atom is -0.355 e. The lowest BCUT2D eigenvalue weighted by molar-refractivity contribution is 0.0963. The Hall–Kier alpha value is -2.82. The number of aromatic nitrogens is 2. The number of H-pyrrole nitrogens is 1. The standard InChI is InChI=1S/C16H15N3O2/c1-17-15(20)12-6-4-5-11(9-12)10-19-14-8-3-2-7-13(14)18-16(19)21/h2-9H,10H2,1H3,(H,17,20)(H,18,21). The number of carbonyl (C=O) groups is 1. The van der Waals surface area contributed by atoms with Gasteiger partial charge in [-0.25, -0.2) is 4.79 Å². The first-order chi connectivity index (χ1) is 10.2. The first-order valence-corrected chi connectivity index (χ1v) is 6.67. The highest BCUT2D eigenvalue weighted by atomic mass is 16.2. The van der Waals surface area contributed by atoms with Gasteiger partial charge in [0.1, 0.15) is 0 Å². The van der Waals surface area contributed by atoms with E-state index in [0.29, 0.717) is 12.1 Å². The summed E-state index contributed by atoms with van der Waals surface area (Å²) in [5, 5.41) is 2.59. The fraction of sp³-hybridized carbons (Fsp3) is 0.125. The molecule has 2 N–H and O–H groups in total. The molecule has 1 heterocycles. The molecule has 0 aliphatic rings. The van der Waals surface area contributed by atoms with E-state index in [1.165, 1.54) is 0 Å². The van der Waals surface area contributed by atoms with Gasteiger partial charge in [-0.3, -0.25) is 9.36 Å². The minimum absolute atomic E-state index is 0.136. The summed E-state index contributed by atoms with van der Waals surface area (Å²) in [6, 6.07) is 14.8. The molecule has 0 unspecified atom stereocenters. The van der Waals surface area contributed by atoms with E-state index in [9.17, 15) is 9.59 Å². The fourth-order valence-electron chi connectivity index (χ4n) is 2.40. The Morgan fingerprint density at radius 3 is 2.81 bits per heavy atom. The number of fused-ring (bicyclic) bond motifs is 1. The molecule has 0 spiro atoms. The van der Waals surface area contributed by atoms with Crippen LogP contribution in [0.1, 0.15) is 15.9 Å². The maximum atomic E-state index is 12.0. The van der Waals surface area contributed by atoms with Crippen LogP contribution in [0.2, 0.25) is 0 Å². The Morgan fingerprint density at radius 2 is 2.00 bits per heavy atom. The van der Waals surface area contributed by atoms with Crippen molar-refractivity contribution in [3.63, 3.8) is 0 Å². The van der Waals surface area contributed by atoms with Crippen molar-refractivity contribution in [2.24, 2.45) is 0 Å². The molecule has 5 heteroatoms. The molecular weight excluding hydrogens is 266 g/mol. The number of hydrogen-bond donors (Lipinski definition) is 2. The molecule has 2 aromatic carbocycles. The predicted molar refractivity (Wildman–Crippen MR) is 81.5 cm³/mol. The van der Waals surface area contributed by atoms with Crippen LogP contribution in [-0.2, 0) is 6.54 Å². The summed E-state index contributed by atoms with van der Waals surface area (Å²) in [6.45, 7) is 0.424. The first-order valence-electron chi connectivity index (χ1n) is 6.67. The molecule has 0 aliphatic carbocycles. The molecule has 1 aromatic heterocycles. The van der Waals surface area contributed by atoms with Crippen molar-refractivity contribution in [2.45, 2.75) is 6.54 Å². The topological polar surface area (TPSA) is 66.9 Å². The van der Waals surface area contributed by atoms with E-state index in [1.807, 2.05) is 36.4 Å². The average Bonchev–Trinajstić information content (AvgIpc) is 2.83. The van der Waals surface area contributed by atoms with E-state index < -0.39 is 0 Å². The Labute approximate surface area is 121 Å². The van der Waals surface area contributed by atoms with Crippen molar-refractivity contribution in [2.75, 3.05) is 7.05 Å². The van der Waals surface area contributed by atoms with Crippen LogP contribution in [0.25, 0.3) is 11.0 Å². The van der Waals surface area contributed by atoms with Gasteiger partial charge in [0.15, 0.2) is 0 Å². The van der Waals surface area contributed by atoms with Crippen molar-refractivity contribution >= 4 is 16.9 Å². The largest absolute Gasteiger partial charge is 0.355 e. The van der Waals surface area contributed by atoms with E-state index in [4.69, 9.17) is 0 Å². The first kappa shape index (κ1) is 13.2. The quantitative estimate of drug-likeness (QED) is 0.768. The second kappa shape index (κ2) is 5.28. The monoisotopic (exact) mass is 281 g/mol. The number of benzene rings is 2. The van der Waals surface area contributed by atoms with Crippen LogP contribution in [0.3, 0.4) is 0 Å². The summed E-state index contributed by atoms with van der Waals surface area (Å²) in [5.74, 6) is -0.136. The second-order valence-corrected chi connectivity index (χ2v) is 4.81. The molecule has 0 saturated heterocycles. The molecule has 5 nitrogen and oxygen atoms in total. The Kier molecular flexibility index (Phi) is 3.31. The summed E-state index contributed by atoms with van der Waals surface area (Å²) in [7, 11) is 1.60. The summed E-state index contributed by atoms with van der Waals surface area (Å²) in [5.41, 5.74) is 3.00. The molecule has 0 atom stereocenters. The van der Waals surface area contributed by atoms with Crippen LogP contribution in [0.4, 0.5) is 0 Å². The molecule has 0 aliphatic heterocycles. The number of nitrogens with one attached hydrogen (secondary N) is 2. The molecule has 3 aromatic rings. The van der Waals surface area contributed by atoms with Crippen LogP contribution in [0.15, 0.2) is 53.3 Å². The Bertz CT molecular complexity index is 861. The number of imidazole rings is 1. The van der Waals surface area contributed by atoms with Crippen molar-refractivity contribution in [1.82, 2.24) is 14.9 Å². The van der Waals surface area contributed by atoms with Gasteiger partial charge in [-0.1, -0.05) is 24.3 Å². The number of nitrogens with zero attached hydrogens (tertiary/aromatic N) is 1. The molecule has 1 amide bonds. The van der Waals surface area contributed by atoms with E-state index >= 15 is 0 Å². The van der Waals surface area contributed by atoms with E-state index in [1.54, 1.807) is 23.7 Å². The highest BCUT2D eigenvalue weighted by Crippen LogP contribution is 2.12. The van der Waals surface area contributed by atoms with Crippen LogP contribution >= 0.6 is 0 Å². The summed E-state index contributed by atoms with van der Waals surface area (Å²) < 4.78 is 1.66. The zero-order chi connectivity index (χ0) is 14.8. The van der Waals surface area contributed by atoms with Crippen molar-refractivity contribution in [3.8, 4) is 0 Å². The number of hydrogen-bond acceptors (Lipinski definition) is 2. The van der Waals surface area contributed by atoms with Gasteiger partial charge in [-0.15, -0.1) is 0 Å². The molecule has 0 fully saturated rings. The van der Waals surface area contributed by atoms with Gasteiger partial charge in [0.05, 0.1) is 17.6 Å². The van der Waals surface area contributed by atoms with Crippen LogP contribution in [0.5, 0.6) is 0 Å². The smallest absolute Gasteiger partial charge is 0.326 e. The van der Waals surface area contributed by atoms with E-state index in [2.05, 4.69) is 10.3 Å². The summed E-state index contributed by atoms with van der Waals surface area (Å²) in [4.78, 5) is 26.5. The third-order valence-corrected chi connectivity index (χ3v) is 3.44. The minimum atomic E-state index is -0.151. The average molecular weight is 281 g/mol. The maximum absolute atomic E-state index is 12.0. The lowest BCUT2D eigenvalue weighted by Gasteiger charge is -2.06.